The minimum absolute atomic E-state index is 0.191. The average molecular weight is 883 g/mol. The summed E-state index contributed by atoms with van der Waals surface area (Å²) in [7, 11) is 1.80. The highest BCUT2D eigenvalue weighted by atomic mass is 16.6. The number of carbonyl (C=O) groups excluding carboxylic acids is 4. The minimum Gasteiger partial charge on any atom is -0.478 e. The summed E-state index contributed by atoms with van der Waals surface area (Å²) < 4.78 is 14.2. The highest BCUT2D eigenvalue weighted by Gasteiger charge is 2.24. The molecular weight excluding hydrogens is 831 g/mol. The van der Waals surface area contributed by atoms with Gasteiger partial charge in [0.2, 0.25) is 0 Å². The highest BCUT2D eigenvalue weighted by Crippen LogP contribution is 2.08. The molecule has 0 aromatic heterocycles. The third kappa shape index (κ3) is 22.5. The number of carboxylic acids is 1. The smallest absolute Gasteiger partial charge is 0.407 e. The van der Waals surface area contributed by atoms with Gasteiger partial charge in [-0.25, -0.2) is 14.4 Å². The third-order valence-electron chi connectivity index (χ3n) is 7.83. The molecule has 2 amide bonds. The molecule has 1 unspecified atom stereocenters. The van der Waals surface area contributed by atoms with Gasteiger partial charge in [0.05, 0.1) is 26.3 Å². The molecule has 0 saturated carbocycles. The summed E-state index contributed by atoms with van der Waals surface area (Å²) in [4.78, 5) is 57.8. The number of aromatic carboxylic acids is 1. The number of benzene rings is 4. The topological polar surface area (TPSA) is 268 Å². The molecule has 11 N–H and O–H groups in total. The second kappa shape index (κ2) is 27.7. The Balaban J connectivity index is 0.000000392. The molecule has 16 nitrogen and oxygen atoms in total. The van der Waals surface area contributed by atoms with Gasteiger partial charge in [0.15, 0.2) is 0 Å². The van der Waals surface area contributed by atoms with E-state index in [0.29, 0.717) is 22.5 Å². The van der Waals surface area contributed by atoms with Gasteiger partial charge in [-0.1, -0.05) is 23.7 Å². The number of nitrogen functional groups attached to an aromatic ring is 2. The van der Waals surface area contributed by atoms with Gasteiger partial charge < -0.3 is 57.4 Å². The van der Waals surface area contributed by atoms with Gasteiger partial charge in [-0.05, 0) is 148 Å². The molecule has 0 aliphatic rings. The lowest BCUT2D eigenvalue weighted by Crippen LogP contribution is -2.49. The fourth-order valence-electron chi connectivity index (χ4n) is 4.56. The number of esters is 2. The Kier molecular flexibility index (Phi) is 22.6. The summed E-state index contributed by atoms with van der Waals surface area (Å²) in [6.45, 7) is 6.71. The Hall–Kier alpha value is -8.19. The largest absolute Gasteiger partial charge is 0.478 e. The van der Waals surface area contributed by atoms with Crippen LogP contribution < -0.4 is 33.1 Å². The van der Waals surface area contributed by atoms with E-state index in [-0.39, 0.29) is 18.7 Å². The van der Waals surface area contributed by atoms with Crippen LogP contribution in [0.3, 0.4) is 0 Å². The number of nitrogens with two attached hydrogens (primary N) is 3. The van der Waals surface area contributed by atoms with Crippen molar-refractivity contribution in [1.82, 2.24) is 15.9 Å². The first-order valence-corrected chi connectivity index (χ1v) is 19.6. The third-order valence-corrected chi connectivity index (χ3v) is 7.83. The lowest BCUT2D eigenvalue weighted by molar-refractivity contribution is -0.143. The zero-order valence-corrected chi connectivity index (χ0v) is 36.8. The quantitative estimate of drug-likeness (QED) is 0.0374. The standard InChI is InChI=1S/C26H27N3O5.C17H11NO2.C5H13BN2O3/c1-26(2,3)34-25(32)28-17-22(24(31)33-4)29-23(30)20-13-9-18(10-14-20)7-5-6-8-19-11-15-21(27)16-12-19;18-16-11-7-14(8-12-16)4-2-1-3-13-5-9-15(10-6-13)17(19)20;1-6(10)8-3-4(7)5(9)11-2/h9-16,22H,17,27H2,1-4H3,(H,28,32)(H,29,30);5-12H,18H2,(H,19,20);4,8,10H,3,7H2,1-2H3/t;;4-/m..0/s1. The summed E-state index contributed by atoms with van der Waals surface area (Å²) in [6.07, 6.45) is -0.710. The van der Waals surface area contributed by atoms with Gasteiger partial charge in [-0.2, -0.15) is 0 Å². The van der Waals surface area contributed by atoms with Crippen LogP contribution in [0, 0.1) is 47.4 Å². The Morgan fingerprint density at radius 3 is 1.38 bits per heavy atom. The number of nitrogens with one attached hydrogen (secondary N) is 3. The van der Waals surface area contributed by atoms with Gasteiger partial charge in [-0.3, -0.25) is 9.59 Å². The Bertz CT molecular complexity index is 2480. The van der Waals surface area contributed by atoms with E-state index in [1.807, 2.05) is 24.3 Å². The van der Waals surface area contributed by atoms with Crippen molar-refractivity contribution in [3.05, 3.63) is 130 Å². The SMILES string of the molecule is COC(=O)C(CNC(=O)OC(C)(C)C)NC(=O)c1ccc(C#CC#Cc2ccc(N)cc2)cc1.COC(=O)[C@@H](N)CNB(C)O.Nc1ccc(C#CC#Cc2ccc(C(=O)O)cc2)cc1. The molecule has 0 aliphatic heterocycles. The number of amides is 2. The average Bonchev–Trinajstić information content (AvgIpc) is 3.28. The number of carboxylic acid groups (broad SMARTS) is 1. The number of methoxy groups -OCH3 is 2. The van der Waals surface area contributed by atoms with Crippen LogP contribution in [0.4, 0.5) is 16.2 Å². The van der Waals surface area contributed by atoms with Crippen LogP contribution in [-0.4, -0.2) is 92.1 Å². The lowest BCUT2D eigenvalue weighted by atomic mass is 9.88. The maximum Gasteiger partial charge on any atom is 0.407 e. The molecule has 0 spiro atoms. The van der Waals surface area contributed by atoms with Gasteiger partial charge in [0, 0.05) is 45.7 Å². The maximum absolute atomic E-state index is 12.6. The number of ether oxygens (including phenoxy) is 3. The van der Waals surface area contributed by atoms with Crippen molar-refractivity contribution in [3.63, 3.8) is 0 Å². The lowest BCUT2D eigenvalue weighted by Gasteiger charge is -2.21. The summed E-state index contributed by atoms with van der Waals surface area (Å²) in [5.74, 6) is 19.9. The fraction of sp³-hybridized carbons (Fsp3) is 0.229. The summed E-state index contributed by atoms with van der Waals surface area (Å²) >= 11 is 0. The van der Waals surface area contributed by atoms with Crippen LogP contribution in [0.5, 0.6) is 0 Å². The van der Waals surface area contributed by atoms with Crippen LogP contribution in [0.15, 0.2) is 97.1 Å². The number of anilines is 2. The van der Waals surface area contributed by atoms with Crippen LogP contribution in [0.2, 0.25) is 6.82 Å². The zero-order valence-electron chi connectivity index (χ0n) is 36.8. The monoisotopic (exact) mass is 882 g/mol. The second-order valence-electron chi connectivity index (χ2n) is 14.3. The van der Waals surface area contributed by atoms with E-state index in [9.17, 15) is 24.0 Å². The van der Waals surface area contributed by atoms with Gasteiger partial charge in [-0.15, -0.1) is 0 Å². The molecule has 17 heteroatoms. The number of hydrogen-bond acceptors (Lipinski definition) is 13. The molecular formula is C48H51BN6O10. The van der Waals surface area contributed by atoms with Gasteiger partial charge in [0.1, 0.15) is 17.7 Å². The summed E-state index contributed by atoms with van der Waals surface area (Å²) in [6, 6.07) is 25.4. The zero-order chi connectivity index (χ0) is 48.4. The van der Waals surface area contributed by atoms with Crippen LogP contribution in [-0.2, 0) is 23.8 Å². The number of rotatable bonds is 10. The van der Waals surface area contributed by atoms with Crippen molar-refractivity contribution in [2.45, 2.75) is 45.3 Å². The molecule has 0 aliphatic carbocycles. The first kappa shape index (κ1) is 53.0. The molecule has 0 fully saturated rings. The molecule has 0 bridgehead atoms. The Morgan fingerprint density at radius 2 is 1.03 bits per heavy atom. The van der Waals surface area contributed by atoms with Crippen molar-refractivity contribution >= 4 is 48.3 Å². The number of hydrogen-bond donors (Lipinski definition) is 8. The summed E-state index contributed by atoms with van der Waals surface area (Å²) in [5, 5.41) is 25.1. The molecule has 65 heavy (non-hydrogen) atoms. The van der Waals surface area contributed by atoms with Gasteiger partial charge >= 0.3 is 31.1 Å². The van der Waals surface area contributed by atoms with Crippen molar-refractivity contribution in [1.29, 1.82) is 0 Å². The van der Waals surface area contributed by atoms with Crippen molar-refractivity contribution in [2.24, 2.45) is 5.73 Å². The summed E-state index contributed by atoms with van der Waals surface area (Å²) in [5.41, 5.74) is 20.8. The van der Waals surface area contributed by atoms with E-state index >= 15 is 0 Å². The van der Waals surface area contributed by atoms with E-state index in [0.717, 1.165) is 16.7 Å². The molecule has 4 aromatic rings. The van der Waals surface area contributed by atoms with Crippen molar-refractivity contribution in [3.8, 4) is 47.4 Å². The van der Waals surface area contributed by atoms with E-state index < -0.39 is 54.6 Å². The maximum atomic E-state index is 12.6. The highest BCUT2D eigenvalue weighted by molar-refractivity contribution is 6.45. The van der Waals surface area contributed by atoms with Crippen molar-refractivity contribution in [2.75, 3.05) is 38.8 Å². The second-order valence-corrected chi connectivity index (χ2v) is 14.3. The first-order chi connectivity index (χ1) is 30.8. The molecule has 0 saturated heterocycles. The van der Waals surface area contributed by atoms with E-state index in [4.69, 9.17) is 36.8 Å². The van der Waals surface area contributed by atoms with Crippen molar-refractivity contribution < 1.29 is 48.3 Å². The fourth-order valence-corrected chi connectivity index (χ4v) is 4.56. The molecule has 0 radical (unpaired) electrons. The predicted molar refractivity (Wildman–Crippen MR) is 248 cm³/mol. The molecule has 2 atom stereocenters. The predicted octanol–water partition coefficient (Wildman–Crippen LogP) is 3.02. The van der Waals surface area contributed by atoms with E-state index in [2.05, 4.69) is 68.0 Å². The first-order valence-electron chi connectivity index (χ1n) is 19.6. The Morgan fingerprint density at radius 1 is 0.646 bits per heavy atom. The van der Waals surface area contributed by atoms with Gasteiger partial charge in [0.25, 0.3) is 5.91 Å². The number of alkyl carbamates (subject to hydrolysis) is 1. The normalized spacial score (nSPS) is 10.5. The molecule has 4 aromatic carbocycles. The molecule has 0 heterocycles. The van der Waals surface area contributed by atoms with Crippen LogP contribution in [0.25, 0.3) is 0 Å². The van der Waals surface area contributed by atoms with Crippen LogP contribution in [0.1, 0.15) is 63.7 Å². The molecule has 4 rings (SSSR count). The minimum atomic E-state index is -1.09. The van der Waals surface area contributed by atoms with Crippen LogP contribution >= 0.6 is 0 Å². The Labute approximate surface area is 379 Å². The number of carbonyl (C=O) groups is 5. The van der Waals surface area contributed by atoms with E-state index in [1.165, 1.54) is 26.4 Å². The van der Waals surface area contributed by atoms with E-state index in [1.54, 1.807) is 88.3 Å². The molecule has 336 valence electrons.